The molecule has 9 nitrogen and oxygen atoms in total. The summed E-state index contributed by atoms with van der Waals surface area (Å²) in [4.78, 5) is 46.1. The van der Waals surface area contributed by atoms with Crippen LogP contribution in [0.5, 0.6) is 0 Å². The van der Waals surface area contributed by atoms with Crippen molar-refractivity contribution < 1.29 is 23.9 Å². The molecule has 32 heavy (non-hydrogen) atoms. The molecule has 2 rings (SSSR count). The zero-order valence-corrected chi connectivity index (χ0v) is 19.9. The van der Waals surface area contributed by atoms with Gasteiger partial charge in [0, 0.05) is 18.7 Å². The maximum absolute atomic E-state index is 12.8. The van der Waals surface area contributed by atoms with E-state index in [1.807, 2.05) is 0 Å². The van der Waals surface area contributed by atoms with Gasteiger partial charge >= 0.3 is 12.2 Å². The molecule has 0 aliphatic heterocycles. The van der Waals surface area contributed by atoms with E-state index in [0.717, 1.165) is 4.90 Å². The first-order valence-electron chi connectivity index (χ1n) is 9.83. The Morgan fingerprint density at radius 3 is 2.00 bits per heavy atom. The van der Waals surface area contributed by atoms with E-state index in [9.17, 15) is 14.4 Å². The number of anilines is 2. The van der Waals surface area contributed by atoms with Crippen LogP contribution in [-0.2, 0) is 14.3 Å². The number of hydrogen-bond donors (Lipinski definition) is 1. The van der Waals surface area contributed by atoms with Gasteiger partial charge < -0.3 is 14.8 Å². The molecular formula is C22H27ClN4O5. The summed E-state index contributed by atoms with van der Waals surface area (Å²) >= 11 is 6.17. The van der Waals surface area contributed by atoms with Crippen molar-refractivity contribution in [2.24, 2.45) is 0 Å². The largest absolute Gasteiger partial charge is 0.443 e. The fourth-order valence-electron chi connectivity index (χ4n) is 2.45. The van der Waals surface area contributed by atoms with Gasteiger partial charge in [-0.3, -0.25) is 4.79 Å². The first-order chi connectivity index (χ1) is 14.7. The number of pyridine rings is 2. The van der Waals surface area contributed by atoms with Gasteiger partial charge in [0.2, 0.25) is 5.91 Å². The minimum Gasteiger partial charge on any atom is -0.443 e. The monoisotopic (exact) mass is 462 g/mol. The molecule has 3 amide bonds. The van der Waals surface area contributed by atoms with Gasteiger partial charge in [-0.25, -0.2) is 19.6 Å². The van der Waals surface area contributed by atoms with E-state index < -0.39 is 23.4 Å². The van der Waals surface area contributed by atoms with Crippen molar-refractivity contribution in [1.82, 2.24) is 9.97 Å². The predicted molar refractivity (Wildman–Crippen MR) is 122 cm³/mol. The second-order valence-corrected chi connectivity index (χ2v) is 9.27. The van der Waals surface area contributed by atoms with Crippen molar-refractivity contribution in [3.8, 4) is 11.3 Å². The second-order valence-electron chi connectivity index (χ2n) is 8.91. The number of ether oxygens (including phenoxy) is 2. The predicted octanol–water partition coefficient (Wildman–Crippen LogP) is 5.43. The van der Waals surface area contributed by atoms with Crippen LogP contribution in [0.25, 0.3) is 11.3 Å². The Bertz CT molecular complexity index is 1000. The SMILES string of the molecule is CC(=O)Nc1ccc(-c2ccnc(N(C(=O)OC(C)(C)C)C(=O)OC(C)(C)C)c2)nc1Cl. The summed E-state index contributed by atoms with van der Waals surface area (Å²) in [5.41, 5.74) is -0.349. The Labute approximate surface area is 192 Å². The number of halogens is 1. The number of nitrogens with one attached hydrogen (secondary N) is 1. The van der Waals surface area contributed by atoms with Crippen LogP contribution in [-0.4, -0.2) is 39.3 Å². The molecule has 0 saturated carbocycles. The standard InChI is InChI=1S/C22H27ClN4O5/c1-13(28)25-16-9-8-15(26-18(16)23)14-10-11-24-17(12-14)27(19(29)31-21(2,3)4)20(30)32-22(5,6)7/h8-12H,1-7H3,(H,25,28). The number of hydrogen-bond acceptors (Lipinski definition) is 7. The van der Waals surface area contributed by atoms with E-state index in [1.165, 1.54) is 19.2 Å². The molecular weight excluding hydrogens is 436 g/mol. The van der Waals surface area contributed by atoms with E-state index in [4.69, 9.17) is 21.1 Å². The zero-order valence-electron chi connectivity index (χ0n) is 19.1. The lowest BCUT2D eigenvalue weighted by Gasteiger charge is -2.28. The van der Waals surface area contributed by atoms with Crippen LogP contribution in [0.4, 0.5) is 21.1 Å². The molecule has 2 heterocycles. The van der Waals surface area contributed by atoms with Crippen LogP contribution in [0.2, 0.25) is 5.15 Å². The molecule has 0 aliphatic rings. The summed E-state index contributed by atoms with van der Waals surface area (Å²) in [6.07, 6.45) is -0.434. The van der Waals surface area contributed by atoms with Gasteiger partial charge in [-0.2, -0.15) is 4.90 Å². The summed E-state index contributed by atoms with van der Waals surface area (Å²) in [6, 6.07) is 6.38. The van der Waals surface area contributed by atoms with Crippen LogP contribution < -0.4 is 10.2 Å². The highest BCUT2D eigenvalue weighted by Crippen LogP contribution is 2.28. The van der Waals surface area contributed by atoms with Crippen molar-refractivity contribution in [3.05, 3.63) is 35.6 Å². The summed E-state index contributed by atoms with van der Waals surface area (Å²) in [5, 5.41) is 2.67. The Morgan fingerprint density at radius 2 is 1.53 bits per heavy atom. The van der Waals surface area contributed by atoms with Crippen molar-refractivity contribution in [1.29, 1.82) is 0 Å². The van der Waals surface area contributed by atoms with Crippen LogP contribution in [0.3, 0.4) is 0 Å². The highest BCUT2D eigenvalue weighted by molar-refractivity contribution is 6.32. The molecule has 0 aromatic carbocycles. The van der Waals surface area contributed by atoms with Gasteiger partial charge in [-0.05, 0) is 65.8 Å². The molecule has 0 aliphatic carbocycles. The van der Waals surface area contributed by atoms with Gasteiger partial charge in [-0.15, -0.1) is 0 Å². The molecule has 0 saturated heterocycles. The Balaban J connectivity index is 2.47. The normalized spacial score (nSPS) is 11.5. The topological polar surface area (TPSA) is 111 Å². The number of imide groups is 1. The fraction of sp³-hybridized carbons (Fsp3) is 0.409. The fourth-order valence-corrected chi connectivity index (χ4v) is 2.66. The van der Waals surface area contributed by atoms with E-state index >= 15 is 0 Å². The van der Waals surface area contributed by atoms with Gasteiger partial charge in [0.15, 0.2) is 5.15 Å². The highest BCUT2D eigenvalue weighted by atomic mass is 35.5. The smallest absolute Gasteiger partial charge is 0.425 e. The van der Waals surface area contributed by atoms with E-state index in [2.05, 4.69) is 15.3 Å². The number of amides is 3. The van der Waals surface area contributed by atoms with Crippen molar-refractivity contribution in [2.45, 2.75) is 59.7 Å². The van der Waals surface area contributed by atoms with Gasteiger partial charge in [-0.1, -0.05) is 11.6 Å². The third-order valence-corrected chi connectivity index (χ3v) is 3.87. The molecule has 0 atom stereocenters. The lowest BCUT2D eigenvalue weighted by Crippen LogP contribution is -2.44. The number of carbonyl (C=O) groups is 3. The Morgan fingerprint density at radius 1 is 0.969 bits per heavy atom. The Hall–Kier alpha value is -3.20. The molecule has 10 heteroatoms. The minimum atomic E-state index is -0.927. The summed E-state index contributed by atoms with van der Waals surface area (Å²) in [7, 11) is 0. The minimum absolute atomic E-state index is 0.00476. The van der Waals surface area contributed by atoms with Crippen molar-refractivity contribution >= 4 is 41.2 Å². The molecule has 0 spiro atoms. The molecule has 2 aromatic rings. The zero-order chi connectivity index (χ0) is 24.3. The third kappa shape index (κ3) is 7.19. The van der Waals surface area contributed by atoms with Gasteiger partial charge in [0.05, 0.1) is 11.4 Å². The van der Waals surface area contributed by atoms with E-state index in [0.29, 0.717) is 16.9 Å². The quantitative estimate of drug-likeness (QED) is 0.605. The molecule has 2 aromatic heterocycles. The molecule has 0 bridgehead atoms. The second kappa shape index (κ2) is 9.52. The number of rotatable bonds is 3. The first kappa shape index (κ1) is 25.1. The number of aromatic nitrogens is 2. The average molecular weight is 463 g/mol. The molecule has 0 fully saturated rings. The lowest BCUT2D eigenvalue weighted by molar-refractivity contribution is -0.114. The van der Waals surface area contributed by atoms with Crippen LogP contribution in [0, 0.1) is 0 Å². The molecule has 0 radical (unpaired) electrons. The lowest BCUT2D eigenvalue weighted by atomic mass is 10.1. The highest BCUT2D eigenvalue weighted by Gasteiger charge is 2.33. The molecule has 172 valence electrons. The molecule has 1 N–H and O–H groups in total. The van der Waals surface area contributed by atoms with E-state index in [1.54, 1.807) is 59.7 Å². The van der Waals surface area contributed by atoms with E-state index in [-0.39, 0.29) is 16.9 Å². The van der Waals surface area contributed by atoms with Gasteiger partial charge in [0.25, 0.3) is 0 Å². The number of nitrogens with zero attached hydrogens (tertiary/aromatic N) is 3. The van der Waals surface area contributed by atoms with Crippen molar-refractivity contribution in [3.63, 3.8) is 0 Å². The van der Waals surface area contributed by atoms with Gasteiger partial charge in [0.1, 0.15) is 17.0 Å². The summed E-state index contributed by atoms with van der Waals surface area (Å²) in [5.74, 6) is -0.284. The maximum atomic E-state index is 12.8. The van der Waals surface area contributed by atoms with Crippen LogP contribution in [0.15, 0.2) is 30.5 Å². The Kier molecular flexibility index (Phi) is 7.46. The first-order valence-corrected chi connectivity index (χ1v) is 10.2. The molecule has 0 unspecified atom stereocenters. The van der Waals surface area contributed by atoms with Crippen molar-refractivity contribution in [2.75, 3.05) is 10.2 Å². The maximum Gasteiger partial charge on any atom is 0.425 e. The average Bonchev–Trinajstić information content (AvgIpc) is 2.60. The third-order valence-electron chi connectivity index (χ3n) is 3.58. The summed E-state index contributed by atoms with van der Waals surface area (Å²) in [6.45, 7) is 11.5. The summed E-state index contributed by atoms with van der Waals surface area (Å²) < 4.78 is 10.8. The van der Waals surface area contributed by atoms with Crippen LogP contribution in [0.1, 0.15) is 48.5 Å². The van der Waals surface area contributed by atoms with Crippen LogP contribution >= 0.6 is 11.6 Å². The number of carbonyl (C=O) groups excluding carboxylic acids is 3.